The normalized spacial score (nSPS) is 12.4. The van der Waals surface area contributed by atoms with Gasteiger partial charge in [0.05, 0.1) is 7.11 Å². The SMILES string of the molecule is COc1ccc(C(O)c2cscc2Br)cc1. The Morgan fingerprint density at radius 3 is 2.44 bits per heavy atom. The summed E-state index contributed by atoms with van der Waals surface area (Å²) >= 11 is 4.98. The molecule has 0 radical (unpaired) electrons. The molecule has 0 saturated heterocycles. The summed E-state index contributed by atoms with van der Waals surface area (Å²) in [5.74, 6) is 0.792. The van der Waals surface area contributed by atoms with Crippen LogP contribution in [-0.2, 0) is 0 Å². The Labute approximate surface area is 107 Å². The number of hydrogen-bond donors (Lipinski definition) is 1. The largest absolute Gasteiger partial charge is 0.497 e. The summed E-state index contributed by atoms with van der Waals surface area (Å²) in [5.41, 5.74) is 1.76. The lowest BCUT2D eigenvalue weighted by atomic mass is 10.0. The molecule has 0 saturated carbocycles. The maximum atomic E-state index is 10.2. The van der Waals surface area contributed by atoms with Crippen LogP contribution in [0.2, 0.25) is 0 Å². The van der Waals surface area contributed by atoms with Gasteiger partial charge in [0, 0.05) is 15.4 Å². The lowest BCUT2D eigenvalue weighted by Crippen LogP contribution is -1.98. The number of hydrogen-bond acceptors (Lipinski definition) is 3. The van der Waals surface area contributed by atoms with Gasteiger partial charge in [-0.1, -0.05) is 12.1 Å². The molecule has 2 aromatic rings. The topological polar surface area (TPSA) is 29.5 Å². The highest BCUT2D eigenvalue weighted by atomic mass is 79.9. The first-order valence-electron chi connectivity index (χ1n) is 4.76. The predicted molar refractivity (Wildman–Crippen MR) is 69.1 cm³/mol. The van der Waals surface area contributed by atoms with Crippen LogP contribution in [-0.4, -0.2) is 12.2 Å². The van der Waals surface area contributed by atoms with Gasteiger partial charge in [-0.3, -0.25) is 0 Å². The van der Waals surface area contributed by atoms with Crippen molar-refractivity contribution in [3.8, 4) is 5.75 Å². The van der Waals surface area contributed by atoms with E-state index < -0.39 is 6.10 Å². The second kappa shape index (κ2) is 4.99. The van der Waals surface area contributed by atoms with Gasteiger partial charge in [0.25, 0.3) is 0 Å². The van der Waals surface area contributed by atoms with Crippen LogP contribution < -0.4 is 4.74 Å². The van der Waals surface area contributed by atoms with Crippen LogP contribution in [0.4, 0.5) is 0 Å². The smallest absolute Gasteiger partial charge is 0.118 e. The Balaban J connectivity index is 2.27. The lowest BCUT2D eigenvalue weighted by Gasteiger charge is -2.10. The van der Waals surface area contributed by atoms with Crippen LogP contribution >= 0.6 is 27.3 Å². The minimum absolute atomic E-state index is 0.591. The van der Waals surface area contributed by atoms with E-state index in [9.17, 15) is 5.11 Å². The van der Waals surface area contributed by atoms with E-state index in [0.717, 1.165) is 21.3 Å². The second-order valence-corrected chi connectivity index (χ2v) is 4.95. The lowest BCUT2D eigenvalue weighted by molar-refractivity contribution is 0.220. The van der Waals surface area contributed by atoms with Gasteiger partial charge in [0.1, 0.15) is 11.9 Å². The molecule has 0 spiro atoms. The third kappa shape index (κ3) is 2.29. The summed E-state index contributed by atoms with van der Waals surface area (Å²) in [6.07, 6.45) is -0.591. The van der Waals surface area contributed by atoms with Gasteiger partial charge < -0.3 is 9.84 Å². The van der Waals surface area contributed by atoms with E-state index in [1.165, 1.54) is 0 Å². The minimum Gasteiger partial charge on any atom is -0.497 e. The Hall–Kier alpha value is -0.840. The maximum absolute atomic E-state index is 10.2. The fourth-order valence-electron chi connectivity index (χ4n) is 1.45. The van der Waals surface area contributed by atoms with Crippen LogP contribution in [0.5, 0.6) is 5.75 Å². The zero-order valence-electron chi connectivity index (χ0n) is 8.68. The average Bonchev–Trinajstić information content (AvgIpc) is 2.75. The highest BCUT2D eigenvalue weighted by Gasteiger charge is 2.14. The molecule has 2 rings (SSSR count). The molecule has 2 nitrogen and oxygen atoms in total. The van der Waals surface area contributed by atoms with Gasteiger partial charge in [0.15, 0.2) is 0 Å². The fraction of sp³-hybridized carbons (Fsp3) is 0.167. The Morgan fingerprint density at radius 2 is 1.94 bits per heavy atom. The quantitative estimate of drug-likeness (QED) is 0.938. The monoisotopic (exact) mass is 298 g/mol. The number of thiophene rings is 1. The molecule has 1 atom stereocenters. The van der Waals surface area contributed by atoms with E-state index in [-0.39, 0.29) is 0 Å². The van der Waals surface area contributed by atoms with Crippen molar-refractivity contribution < 1.29 is 9.84 Å². The van der Waals surface area contributed by atoms with E-state index in [4.69, 9.17) is 4.74 Å². The van der Waals surface area contributed by atoms with Crippen molar-refractivity contribution in [2.75, 3.05) is 7.11 Å². The van der Waals surface area contributed by atoms with Crippen LogP contribution in [0.1, 0.15) is 17.2 Å². The van der Waals surface area contributed by atoms with Gasteiger partial charge in [-0.2, -0.15) is 11.3 Å². The molecular formula is C12H11BrO2S. The maximum Gasteiger partial charge on any atom is 0.118 e. The molecule has 1 unspecified atom stereocenters. The van der Waals surface area contributed by atoms with Crippen molar-refractivity contribution >= 4 is 27.3 Å². The number of benzene rings is 1. The molecule has 0 fully saturated rings. The van der Waals surface area contributed by atoms with Crippen molar-refractivity contribution in [2.45, 2.75) is 6.10 Å². The van der Waals surface area contributed by atoms with Crippen LogP contribution in [0.3, 0.4) is 0 Å². The first-order valence-corrected chi connectivity index (χ1v) is 6.49. The molecule has 1 heterocycles. The zero-order valence-corrected chi connectivity index (χ0v) is 11.1. The van der Waals surface area contributed by atoms with E-state index in [2.05, 4.69) is 15.9 Å². The summed E-state index contributed by atoms with van der Waals surface area (Å²) in [7, 11) is 1.63. The average molecular weight is 299 g/mol. The molecule has 1 aromatic heterocycles. The van der Waals surface area contributed by atoms with E-state index in [0.29, 0.717) is 0 Å². The molecule has 0 bridgehead atoms. The molecule has 84 valence electrons. The molecule has 1 aromatic carbocycles. The molecule has 1 N–H and O–H groups in total. The van der Waals surface area contributed by atoms with E-state index >= 15 is 0 Å². The van der Waals surface area contributed by atoms with Crippen LogP contribution in [0, 0.1) is 0 Å². The van der Waals surface area contributed by atoms with Gasteiger partial charge in [-0.05, 0) is 39.0 Å². The highest BCUT2D eigenvalue weighted by molar-refractivity contribution is 9.10. The fourth-order valence-corrected chi connectivity index (χ4v) is 2.98. The molecule has 4 heteroatoms. The Bertz CT molecular complexity index is 464. The zero-order chi connectivity index (χ0) is 11.5. The number of aliphatic hydroxyl groups is 1. The van der Waals surface area contributed by atoms with E-state index in [1.54, 1.807) is 18.4 Å². The summed E-state index contributed by atoms with van der Waals surface area (Å²) < 4.78 is 6.02. The summed E-state index contributed by atoms with van der Waals surface area (Å²) in [5, 5.41) is 14.1. The number of ether oxygens (including phenoxy) is 1. The van der Waals surface area contributed by atoms with Crippen LogP contribution in [0.15, 0.2) is 39.5 Å². The molecule has 0 aliphatic carbocycles. The molecule has 0 amide bonds. The first-order chi connectivity index (χ1) is 7.72. The van der Waals surface area contributed by atoms with Gasteiger partial charge in [-0.15, -0.1) is 0 Å². The van der Waals surface area contributed by atoms with E-state index in [1.807, 2.05) is 35.0 Å². The van der Waals surface area contributed by atoms with Crippen molar-refractivity contribution in [1.29, 1.82) is 0 Å². The summed E-state index contributed by atoms with van der Waals surface area (Å²) in [6.45, 7) is 0. The third-order valence-corrected chi connectivity index (χ3v) is 4.12. The number of rotatable bonds is 3. The summed E-state index contributed by atoms with van der Waals surface area (Å²) in [4.78, 5) is 0. The third-order valence-electron chi connectivity index (χ3n) is 2.37. The number of aliphatic hydroxyl groups excluding tert-OH is 1. The van der Waals surface area contributed by atoms with Gasteiger partial charge >= 0.3 is 0 Å². The molecule has 0 aliphatic rings. The highest BCUT2D eigenvalue weighted by Crippen LogP contribution is 2.31. The standard InChI is InChI=1S/C12H11BrO2S/c1-15-9-4-2-8(3-5-9)12(14)10-6-16-7-11(10)13/h2-7,12,14H,1H3. The molecule has 16 heavy (non-hydrogen) atoms. The Morgan fingerprint density at radius 1 is 1.25 bits per heavy atom. The van der Waals surface area contributed by atoms with Crippen LogP contribution in [0.25, 0.3) is 0 Å². The molecule has 0 aliphatic heterocycles. The predicted octanol–water partition coefficient (Wildman–Crippen LogP) is 3.60. The Kier molecular flexibility index (Phi) is 3.63. The van der Waals surface area contributed by atoms with Crippen molar-refractivity contribution in [3.63, 3.8) is 0 Å². The summed E-state index contributed by atoms with van der Waals surface area (Å²) in [6, 6.07) is 7.43. The van der Waals surface area contributed by atoms with Gasteiger partial charge in [0.2, 0.25) is 0 Å². The van der Waals surface area contributed by atoms with Crippen molar-refractivity contribution in [3.05, 3.63) is 50.6 Å². The van der Waals surface area contributed by atoms with Crippen molar-refractivity contribution in [1.82, 2.24) is 0 Å². The number of methoxy groups -OCH3 is 1. The van der Waals surface area contributed by atoms with Crippen molar-refractivity contribution in [2.24, 2.45) is 0 Å². The molecular weight excluding hydrogens is 288 g/mol. The second-order valence-electron chi connectivity index (χ2n) is 3.35. The minimum atomic E-state index is -0.591. The first kappa shape index (κ1) is 11.6. The number of halogens is 1. The van der Waals surface area contributed by atoms with Gasteiger partial charge in [-0.25, -0.2) is 0 Å².